The number of anilines is 1. The van der Waals surface area contributed by atoms with Gasteiger partial charge in [-0.05, 0) is 37.5 Å². The molecule has 0 N–H and O–H groups in total. The van der Waals surface area contributed by atoms with Crippen LogP contribution in [-0.2, 0) is 13.0 Å². The van der Waals surface area contributed by atoms with Gasteiger partial charge in [0.1, 0.15) is 22.8 Å². The molecule has 7 heteroatoms. The summed E-state index contributed by atoms with van der Waals surface area (Å²) in [5.74, 6) is 1.97. The third kappa shape index (κ3) is 3.92. The molecule has 3 aromatic rings. The molecule has 2 heterocycles. The Labute approximate surface area is 186 Å². The molecule has 0 saturated carbocycles. The highest BCUT2D eigenvalue weighted by molar-refractivity contribution is 6.32. The van der Waals surface area contributed by atoms with Crippen molar-refractivity contribution in [3.05, 3.63) is 56.4 Å². The summed E-state index contributed by atoms with van der Waals surface area (Å²) in [6.45, 7) is 5.00. The van der Waals surface area contributed by atoms with Gasteiger partial charge in [0, 0.05) is 28.6 Å². The Kier molecular flexibility index (Phi) is 6.01. The molecule has 0 radical (unpaired) electrons. The minimum atomic E-state index is -0.322. The molecule has 0 aliphatic carbocycles. The summed E-state index contributed by atoms with van der Waals surface area (Å²) >= 11 is 6.38. The van der Waals surface area contributed by atoms with Gasteiger partial charge in [0.05, 0.1) is 31.5 Å². The highest BCUT2D eigenvalue weighted by Crippen LogP contribution is 2.42. The van der Waals surface area contributed by atoms with Crippen LogP contribution in [0.2, 0.25) is 5.02 Å². The van der Waals surface area contributed by atoms with Gasteiger partial charge in [-0.2, -0.15) is 0 Å². The van der Waals surface area contributed by atoms with Crippen molar-refractivity contribution in [3.63, 3.8) is 0 Å². The molecule has 164 valence electrons. The fourth-order valence-corrected chi connectivity index (χ4v) is 4.34. The SMILES string of the molecule is CCCCc1cc(=O)oc2c(C)c3c(cc12)CN(c1cc(Cl)c(OC)cc1OC)CO3. The van der Waals surface area contributed by atoms with Gasteiger partial charge in [-0.1, -0.05) is 24.9 Å². The Bertz CT molecular complexity index is 1190. The minimum Gasteiger partial charge on any atom is -0.495 e. The zero-order valence-corrected chi connectivity index (χ0v) is 19.0. The lowest BCUT2D eigenvalue weighted by Gasteiger charge is -2.33. The van der Waals surface area contributed by atoms with Gasteiger partial charge in [0.25, 0.3) is 0 Å². The lowest BCUT2D eigenvalue weighted by molar-refractivity contribution is 0.285. The fraction of sp³-hybridized carbons (Fsp3) is 0.375. The van der Waals surface area contributed by atoms with E-state index in [9.17, 15) is 4.79 Å². The number of aryl methyl sites for hydroxylation is 2. The first kappa shape index (κ1) is 21.4. The van der Waals surface area contributed by atoms with Gasteiger partial charge in [0.15, 0.2) is 6.73 Å². The molecule has 0 fully saturated rings. The Hall–Kier alpha value is -2.86. The average Bonchev–Trinajstić information content (AvgIpc) is 2.77. The molecule has 1 aromatic heterocycles. The van der Waals surface area contributed by atoms with Crippen molar-refractivity contribution in [1.29, 1.82) is 0 Å². The van der Waals surface area contributed by atoms with Gasteiger partial charge in [-0.3, -0.25) is 0 Å². The summed E-state index contributed by atoms with van der Waals surface area (Å²) in [6, 6.07) is 7.29. The van der Waals surface area contributed by atoms with Crippen LogP contribution in [-0.4, -0.2) is 21.0 Å². The monoisotopic (exact) mass is 443 g/mol. The maximum absolute atomic E-state index is 12.1. The van der Waals surface area contributed by atoms with Crippen LogP contribution >= 0.6 is 11.6 Å². The maximum Gasteiger partial charge on any atom is 0.336 e. The molecule has 0 spiro atoms. The van der Waals surface area contributed by atoms with Crippen molar-refractivity contribution in [2.75, 3.05) is 25.9 Å². The fourth-order valence-electron chi connectivity index (χ4n) is 4.10. The normalized spacial score (nSPS) is 13.1. The number of benzene rings is 2. The van der Waals surface area contributed by atoms with Crippen LogP contribution in [0.25, 0.3) is 11.0 Å². The van der Waals surface area contributed by atoms with Crippen LogP contribution < -0.4 is 24.7 Å². The lowest BCUT2D eigenvalue weighted by atomic mass is 9.98. The summed E-state index contributed by atoms with van der Waals surface area (Å²) in [6.07, 6.45) is 2.91. The van der Waals surface area contributed by atoms with Gasteiger partial charge in [-0.25, -0.2) is 4.79 Å². The average molecular weight is 444 g/mol. The Morgan fingerprint density at radius 1 is 1.13 bits per heavy atom. The van der Waals surface area contributed by atoms with E-state index < -0.39 is 0 Å². The predicted molar refractivity (Wildman–Crippen MR) is 122 cm³/mol. The molecule has 6 nitrogen and oxygen atoms in total. The Morgan fingerprint density at radius 2 is 1.90 bits per heavy atom. The number of hydrogen-bond donors (Lipinski definition) is 0. The van der Waals surface area contributed by atoms with E-state index in [0.717, 1.165) is 52.8 Å². The molecule has 0 bridgehead atoms. The summed E-state index contributed by atoms with van der Waals surface area (Å²) in [4.78, 5) is 14.2. The van der Waals surface area contributed by atoms with Crippen molar-refractivity contribution in [2.24, 2.45) is 0 Å². The smallest absolute Gasteiger partial charge is 0.336 e. The van der Waals surface area contributed by atoms with Gasteiger partial charge in [-0.15, -0.1) is 0 Å². The van der Waals surface area contributed by atoms with E-state index in [1.807, 2.05) is 13.0 Å². The van der Waals surface area contributed by atoms with E-state index in [1.54, 1.807) is 26.4 Å². The predicted octanol–water partition coefficient (Wildman–Crippen LogP) is 5.47. The summed E-state index contributed by atoms with van der Waals surface area (Å²) in [7, 11) is 3.19. The number of rotatable bonds is 6. The number of methoxy groups -OCH3 is 2. The molecule has 0 saturated heterocycles. The van der Waals surface area contributed by atoms with Gasteiger partial charge < -0.3 is 23.5 Å². The van der Waals surface area contributed by atoms with Crippen molar-refractivity contribution in [3.8, 4) is 17.2 Å². The molecule has 0 unspecified atom stereocenters. The number of hydrogen-bond acceptors (Lipinski definition) is 6. The first-order valence-corrected chi connectivity index (χ1v) is 10.7. The largest absolute Gasteiger partial charge is 0.495 e. The third-order valence-corrected chi connectivity index (χ3v) is 5.99. The molecule has 1 aliphatic rings. The van der Waals surface area contributed by atoms with Crippen LogP contribution in [0.1, 0.15) is 36.5 Å². The van der Waals surface area contributed by atoms with Crippen molar-refractivity contribution >= 4 is 28.3 Å². The molecule has 0 amide bonds. The zero-order chi connectivity index (χ0) is 22.1. The van der Waals surface area contributed by atoms with E-state index in [2.05, 4.69) is 17.9 Å². The maximum atomic E-state index is 12.1. The molecule has 1 aliphatic heterocycles. The van der Waals surface area contributed by atoms with Crippen molar-refractivity contribution in [2.45, 2.75) is 39.7 Å². The topological polar surface area (TPSA) is 61.1 Å². The summed E-state index contributed by atoms with van der Waals surface area (Å²) in [5.41, 5.74) is 4.00. The van der Waals surface area contributed by atoms with Crippen LogP contribution in [0, 0.1) is 6.92 Å². The molecule has 2 aromatic carbocycles. The zero-order valence-electron chi connectivity index (χ0n) is 18.2. The highest BCUT2D eigenvalue weighted by atomic mass is 35.5. The first-order chi connectivity index (χ1) is 15.0. The Morgan fingerprint density at radius 3 is 2.61 bits per heavy atom. The number of ether oxygens (including phenoxy) is 3. The minimum absolute atomic E-state index is 0.318. The second-order valence-electron chi connectivity index (χ2n) is 7.69. The number of nitrogens with zero attached hydrogens (tertiary/aromatic N) is 1. The number of unbranched alkanes of at least 4 members (excludes halogenated alkanes) is 1. The van der Waals surface area contributed by atoms with Gasteiger partial charge in [0.2, 0.25) is 0 Å². The summed E-state index contributed by atoms with van der Waals surface area (Å²) in [5, 5.41) is 1.47. The third-order valence-electron chi connectivity index (χ3n) is 5.70. The van der Waals surface area contributed by atoms with E-state index in [-0.39, 0.29) is 5.63 Å². The van der Waals surface area contributed by atoms with Crippen LogP contribution in [0.4, 0.5) is 5.69 Å². The quantitative estimate of drug-likeness (QED) is 0.471. The number of fused-ring (bicyclic) bond motifs is 2. The second kappa shape index (κ2) is 8.71. The molecular formula is C24H26ClNO5. The van der Waals surface area contributed by atoms with Crippen molar-refractivity contribution < 1.29 is 18.6 Å². The van der Waals surface area contributed by atoms with E-state index in [0.29, 0.717) is 35.4 Å². The first-order valence-electron chi connectivity index (χ1n) is 10.3. The highest BCUT2D eigenvalue weighted by Gasteiger charge is 2.25. The Balaban J connectivity index is 1.79. The van der Waals surface area contributed by atoms with E-state index >= 15 is 0 Å². The standard InChI is InChI=1S/C24H26ClNO5/c1-5-6-7-15-9-22(27)31-24-14(2)23-16(8-17(15)24)12-26(13-30-23)19-10-18(25)20(28-3)11-21(19)29-4/h8-11H,5-7,12-13H2,1-4H3. The summed E-state index contributed by atoms with van der Waals surface area (Å²) < 4.78 is 22.6. The van der Waals surface area contributed by atoms with Gasteiger partial charge >= 0.3 is 5.63 Å². The molecule has 4 rings (SSSR count). The van der Waals surface area contributed by atoms with E-state index in [4.69, 9.17) is 30.2 Å². The number of halogens is 1. The van der Waals surface area contributed by atoms with E-state index in [1.165, 1.54) is 0 Å². The van der Waals surface area contributed by atoms with Crippen molar-refractivity contribution in [1.82, 2.24) is 0 Å². The molecule has 31 heavy (non-hydrogen) atoms. The van der Waals surface area contributed by atoms with Crippen LogP contribution in [0.3, 0.4) is 0 Å². The van der Waals surface area contributed by atoms with Crippen LogP contribution in [0.15, 0.2) is 33.5 Å². The second-order valence-corrected chi connectivity index (χ2v) is 8.10. The molecular weight excluding hydrogens is 418 g/mol. The molecule has 0 atom stereocenters. The van der Waals surface area contributed by atoms with Crippen LogP contribution in [0.5, 0.6) is 17.2 Å². The lowest BCUT2D eigenvalue weighted by Crippen LogP contribution is -2.32.